The highest BCUT2D eigenvalue weighted by Crippen LogP contribution is 2.24. The van der Waals surface area contributed by atoms with E-state index in [1.54, 1.807) is 23.1 Å². The number of anilines is 1. The molecule has 0 bridgehead atoms. The number of carbonyl (C=O) groups is 1. The predicted molar refractivity (Wildman–Crippen MR) is 83.1 cm³/mol. The van der Waals surface area contributed by atoms with Gasteiger partial charge in [0.15, 0.2) is 0 Å². The number of nitrogen functional groups attached to an aromatic ring is 1. The summed E-state index contributed by atoms with van der Waals surface area (Å²) in [5.74, 6) is -0.101. The van der Waals surface area contributed by atoms with Crippen molar-refractivity contribution in [3.05, 3.63) is 28.8 Å². The van der Waals surface area contributed by atoms with E-state index in [4.69, 9.17) is 17.3 Å². The fraction of sp³-hybridized carbons (Fsp3) is 0.533. The van der Waals surface area contributed by atoms with Crippen LogP contribution in [0.25, 0.3) is 0 Å². The topological polar surface area (TPSA) is 49.6 Å². The molecule has 1 atom stereocenters. The van der Waals surface area contributed by atoms with E-state index < -0.39 is 0 Å². The molecular formula is C15H22ClN3O. The van der Waals surface area contributed by atoms with Gasteiger partial charge in [-0.3, -0.25) is 9.69 Å². The molecule has 4 nitrogen and oxygen atoms in total. The van der Waals surface area contributed by atoms with E-state index >= 15 is 0 Å². The molecule has 0 aliphatic carbocycles. The summed E-state index contributed by atoms with van der Waals surface area (Å²) in [5.41, 5.74) is 6.73. The van der Waals surface area contributed by atoms with Gasteiger partial charge < -0.3 is 10.6 Å². The third kappa shape index (κ3) is 3.07. The molecule has 1 aliphatic heterocycles. The molecule has 1 aromatic carbocycles. The van der Waals surface area contributed by atoms with Gasteiger partial charge in [-0.25, -0.2) is 0 Å². The van der Waals surface area contributed by atoms with Gasteiger partial charge in [0.05, 0.1) is 10.6 Å². The minimum Gasteiger partial charge on any atom is -0.398 e. The maximum absolute atomic E-state index is 12.5. The fourth-order valence-corrected chi connectivity index (χ4v) is 3.14. The van der Waals surface area contributed by atoms with Crippen LogP contribution in [0.15, 0.2) is 18.2 Å². The predicted octanol–water partition coefficient (Wildman–Crippen LogP) is 2.48. The number of hydrogen-bond acceptors (Lipinski definition) is 3. The molecule has 0 saturated carbocycles. The van der Waals surface area contributed by atoms with Gasteiger partial charge in [0.25, 0.3) is 5.91 Å². The summed E-state index contributed by atoms with van der Waals surface area (Å²) >= 11 is 6.10. The minimum atomic E-state index is -0.101. The Labute approximate surface area is 125 Å². The molecule has 20 heavy (non-hydrogen) atoms. The standard InChI is InChI=1S/C15H22ClN3O/c1-3-19-9-5-6-11(19)10-18(2)15(20)14-12(16)7-4-8-13(14)17/h4,7-8,11H,3,5-6,9-10,17H2,1-2H3. The van der Waals surface area contributed by atoms with Crippen LogP contribution in [0, 0.1) is 0 Å². The minimum absolute atomic E-state index is 0.101. The zero-order chi connectivity index (χ0) is 14.7. The lowest BCUT2D eigenvalue weighted by molar-refractivity contribution is 0.0756. The molecule has 0 aromatic heterocycles. The summed E-state index contributed by atoms with van der Waals surface area (Å²) in [6.45, 7) is 5.03. The van der Waals surface area contributed by atoms with Crippen molar-refractivity contribution in [2.75, 3.05) is 32.4 Å². The highest BCUT2D eigenvalue weighted by molar-refractivity contribution is 6.34. The summed E-state index contributed by atoms with van der Waals surface area (Å²) < 4.78 is 0. The first-order valence-corrected chi connectivity index (χ1v) is 7.46. The number of likely N-dealkylation sites (N-methyl/N-ethyl adjacent to an activating group) is 2. The maximum Gasteiger partial charge on any atom is 0.257 e. The van der Waals surface area contributed by atoms with Crippen LogP contribution in [0.3, 0.4) is 0 Å². The normalized spacial score (nSPS) is 19.2. The maximum atomic E-state index is 12.5. The van der Waals surface area contributed by atoms with Crippen LogP contribution < -0.4 is 5.73 Å². The summed E-state index contributed by atoms with van der Waals surface area (Å²) in [5, 5.41) is 0.417. The second kappa shape index (κ2) is 6.46. The molecule has 1 aliphatic rings. The van der Waals surface area contributed by atoms with Crippen molar-refractivity contribution < 1.29 is 4.79 Å². The zero-order valence-electron chi connectivity index (χ0n) is 12.1. The smallest absolute Gasteiger partial charge is 0.257 e. The van der Waals surface area contributed by atoms with Crippen LogP contribution in [0.1, 0.15) is 30.1 Å². The van der Waals surface area contributed by atoms with Crippen molar-refractivity contribution in [3.8, 4) is 0 Å². The first-order chi connectivity index (χ1) is 9.54. The molecule has 1 fully saturated rings. The third-order valence-electron chi connectivity index (χ3n) is 4.00. The van der Waals surface area contributed by atoms with Crippen LogP contribution in [0.4, 0.5) is 5.69 Å². The Morgan fingerprint density at radius 2 is 2.30 bits per heavy atom. The van der Waals surface area contributed by atoms with E-state index in [9.17, 15) is 4.79 Å². The van der Waals surface area contributed by atoms with Crippen LogP contribution >= 0.6 is 11.6 Å². The Bertz CT molecular complexity index is 472. The van der Waals surface area contributed by atoms with Gasteiger partial charge in [-0.15, -0.1) is 0 Å². The molecular weight excluding hydrogens is 274 g/mol. The number of nitrogens with two attached hydrogens (primary N) is 1. The Kier molecular flexibility index (Phi) is 4.89. The number of hydrogen-bond donors (Lipinski definition) is 1. The third-order valence-corrected chi connectivity index (χ3v) is 4.31. The van der Waals surface area contributed by atoms with Crippen LogP contribution in [-0.4, -0.2) is 48.4 Å². The molecule has 0 radical (unpaired) electrons. The molecule has 110 valence electrons. The SMILES string of the molecule is CCN1CCCC1CN(C)C(=O)c1c(N)cccc1Cl. The molecule has 1 aromatic rings. The first-order valence-electron chi connectivity index (χ1n) is 7.08. The van der Waals surface area contributed by atoms with E-state index in [1.165, 1.54) is 6.42 Å². The van der Waals surface area contributed by atoms with E-state index in [0.29, 0.717) is 22.3 Å². The lowest BCUT2D eigenvalue weighted by atomic mass is 10.1. The second-order valence-electron chi connectivity index (χ2n) is 5.31. The van der Waals surface area contributed by atoms with Crippen LogP contribution in [0.5, 0.6) is 0 Å². The summed E-state index contributed by atoms with van der Waals surface area (Å²) in [7, 11) is 1.82. The van der Waals surface area contributed by atoms with Gasteiger partial charge in [-0.05, 0) is 38.1 Å². The summed E-state index contributed by atoms with van der Waals surface area (Å²) in [6.07, 6.45) is 2.35. The number of amides is 1. The molecule has 1 saturated heterocycles. The quantitative estimate of drug-likeness (QED) is 0.868. The average Bonchev–Trinajstić information content (AvgIpc) is 2.85. The number of carbonyl (C=O) groups excluding carboxylic acids is 1. The Morgan fingerprint density at radius 3 is 2.95 bits per heavy atom. The van der Waals surface area contributed by atoms with Crippen molar-refractivity contribution in [2.24, 2.45) is 0 Å². The first kappa shape index (κ1) is 15.1. The monoisotopic (exact) mass is 295 g/mol. The summed E-state index contributed by atoms with van der Waals surface area (Å²) in [6, 6.07) is 5.61. The van der Waals surface area contributed by atoms with Crippen molar-refractivity contribution in [3.63, 3.8) is 0 Å². The Hall–Kier alpha value is -1.26. The van der Waals surface area contributed by atoms with Gasteiger partial charge in [-0.2, -0.15) is 0 Å². The Morgan fingerprint density at radius 1 is 1.55 bits per heavy atom. The highest BCUT2D eigenvalue weighted by atomic mass is 35.5. The van der Waals surface area contributed by atoms with Crippen LogP contribution in [-0.2, 0) is 0 Å². The molecule has 0 spiro atoms. The van der Waals surface area contributed by atoms with Crippen molar-refractivity contribution in [1.29, 1.82) is 0 Å². The highest BCUT2D eigenvalue weighted by Gasteiger charge is 2.27. The van der Waals surface area contributed by atoms with Crippen molar-refractivity contribution >= 4 is 23.2 Å². The number of likely N-dealkylation sites (tertiary alicyclic amines) is 1. The lowest BCUT2D eigenvalue weighted by Crippen LogP contribution is -2.41. The number of halogens is 1. The van der Waals surface area contributed by atoms with E-state index in [-0.39, 0.29) is 5.91 Å². The molecule has 2 rings (SSSR count). The average molecular weight is 296 g/mol. The number of rotatable bonds is 4. The molecule has 1 amide bonds. The van der Waals surface area contributed by atoms with Crippen molar-refractivity contribution in [1.82, 2.24) is 9.80 Å². The van der Waals surface area contributed by atoms with E-state index in [2.05, 4.69) is 11.8 Å². The second-order valence-corrected chi connectivity index (χ2v) is 5.72. The van der Waals surface area contributed by atoms with Gasteiger partial charge in [-0.1, -0.05) is 24.6 Å². The molecule has 2 N–H and O–H groups in total. The zero-order valence-corrected chi connectivity index (χ0v) is 12.9. The molecule has 5 heteroatoms. The van der Waals surface area contributed by atoms with Crippen molar-refractivity contribution in [2.45, 2.75) is 25.8 Å². The summed E-state index contributed by atoms with van der Waals surface area (Å²) in [4.78, 5) is 16.7. The Balaban J connectivity index is 2.09. The number of benzene rings is 1. The van der Waals surface area contributed by atoms with Crippen LogP contribution in [0.2, 0.25) is 5.02 Å². The van der Waals surface area contributed by atoms with Gasteiger partial charge >= 0.3 is 0 Å². The molecule has 1 heterocycles. The van der Waals surface area contributed by atoms with E-state index in [0.717, 1.165) is 26.1 Å². The lowest BCUT2D eigenvalue weighted by Gasteiger charge is -2.28. The fourth-order valence-electron chi connectivity index (χ4n) is 2.87. The van der Waals surface area contributed by atoms with E-state index in [1.807, 2.05) is 7.05 Å². The number of nitrogens with zero attached hydrogens (tertiary/aromatic N) is 2. The van der Waals surface area contributed by atoms with Gasteiger partial charge in [0, 0.05) is 25.3 Å². The van der Waals surface area contributed by atoms with Gasteiger partial charge in [0.1, 0.15) is 0 Å². The largest absolute Gasteiger partial charge is 0.398 e. The van der Waals surface area contributed by atoms with Gasteiger partial charge in [0.2, 0.25) is 0 Å². The molecule has 1 unspecified atom stereocenters.